The van der Waals surface area contributed by atoms with E-state index in [0.717, 1.165) is 24.4 Å². The van der Waals surface area contributed by atoms with Gasteiger partial charge in [0.25, 0.3) is 0 Å². The molecule has 1 aliphatic rings. The average Bonchev–Trinajstić information content (AvgIpc) is 2.29. The number of likely N-dealkylation sites (tertiary alicyclic amines) is 1. The van der Waals surface area contributed by atoms with Crippen LogP contribution in [0.3, 0.4) is 0 Å². The summed E-state index contributed by atoms with van der Waals surface area (Å²) in [6, 6.07) is 5.65. The maximum absolute atomic E-state index is 8.80. The molecule has 0 aliphatic carbocycles. The fourth-order valence-electron chi connectivity index (χ4n) is 1.96. The number of rotatable bonds is 5. The van der Waals surface area contributed by atoms with Crippen LogP contribution >= 0.6 is 0 Å². The molecule has 2 N–H and O–H groups in total. The summed E-state index contributed by atoms with van der Waals surface area (Å²) < 4.78 is 11.2. The summed E-state index contributed by atoms with van der Waals surface area (Å²) in [7, 11) is 3.67. The van der Waals surface area contributed by atoms with Gasteiger partial charge in [-0.05, 0) is 13.1 Å². The van der Waals surface area contributed by atoms with Crippen molar-refractivity contribution in [3.63, 3.8) is 0 Å². The maximum atomic E-state index is 8.80. The number of methoxy groups -OCH3 is 1. The molecule has 17 heavy (non-hydrogen) atoms. The molecule has 0 aromatic heterocycles. The number of para-hydroxylation sites is 1. The van der Waals surface area contributed by atoms with E-state index >= 15 is 0 Å². The molecule has 1 aromatic carbocycles. The van der Waals surface area contributed by atoms with Gasteiger partial charge in [-0.3, -0.25) is 4.90 Å². The lowest BCUT2D eigenvalue weighted by Crippen LogP contribution is -2.51. The Morgan fingerprint density at radius 2 is 2.24 bits per heavy atom. The van der Waals surface area contributed by atoms with Gasteiger partial charge in [-0.1, -0.05) is 12.1 Å². The van der Waals surface area contributed by atoms with Gasteiger partial charge >= 0.3 is 0 Å². The SMILES string of the molecule is COc1cccc(CNO)c1OC1CN(C)C1. The molecular formula is C12H18N2O3. The van der Waals surface area contributed by atoms with Gasteiger partial charge in [-0.2, -0.15) is 0 Å². The second kappa shape index (κ2) is 5.35. The zero-order valence-corrected chi connectivity index (χ0v) is 10.1. The van der Waals surface area contributed by atoms with E-state index in [2.05, 4.69) is 17.4 Å². The molecule has 1 aromatic rings. The number of ether oxygens (including phenoxy) is 2. The van der Waals surface area contributed by atoms with Crippen molar-refractivity contribution in [2.45, 2.75) is 12.6 Å². The Hall–Kier alpha value is -1.30. The Morgan fingerprint density at radius 3 is 2.82 bits per heavy atom. The first-order valence-electron chi connectivity index (χ1n) is 5.62. The predicted octanol–water partition coefficient (Wildman–Crippen LogP) is 0.867. The normalized spacial score (nSPS) is 16.6. The van der Waals surface area contributed by atoms with E-state index in [0.29, 0.717) is 12.3 Å². The van der Waals surface area contributed by atoms with Crippen molar-refractivity contribution >= 4 is 0 Å². The molecule has 5 heteroatoms. The molecule has 0 spiro atoms. The smallest absolute Gasteiger partial charge is 0.166 e. The number of hydrogen-bond donors (Lipinski definition) is 2. The lowest BCUT2D eigenvalue weighted by molar-refractivity contribution is 0.0355. The molecule has 0 atom stereocenters. The molecule has 2 rings (SSSR count). The monoisotopic (exact) mass is 238 g/mol. The lowest BCUT2D eigenvalue weighted by Gasteiger charge is -2.36. The van der Waals surface area contributed by atoms with E-state index in [1.807, 2.05) is 18.2 Å². The van der Waals surface area contributed by atoms with Crippen LogP contribution in [-0.4, -0.2) is 43.5 Å². The van der Waals surface area contributed by atoms with Gasteiger partial charge < -0.3 is 14.7 Å². The van der Waals surface area contributed by atoms with E-state index in [4.69, 9.17) is 14.7 Å². The van der Waals surface area contributed by atoms with Gasteiger partial charge in [-0.25, -0.2) is 5.48 Å². The summed E-state index contributed by atoms with van der Waals surface area (Å²) in [4.78, 5) is 2.18. The topological polar surface area (TPSA) is 54.0 Å². The standard InChI is InChI=1S/C12H18N2O3/c1-14-7-10(8-14)17-12-9(6-13-15)4-3-5-11(12)16-2/h3-5,10,13,15H,6-8H2,1-2H3. The van der Waals surface area contributed by atoms with E-state index in [-0.39, 0.29) is 6.10 Å². The van der Waals surface area contributed by atoms with Crippen molar-refractivity contribution in [2.24, 2.45) is 0 Å². The second-order valence-electron chi connectivity index (χ2n) is 4.24. The fourth-order valence-corrected chi connectivity index (χ4v) is 1.96. The maximum Gasteiger partial charge on any atom is 0.166 e. The van der Waals surface area contributed by atoms with Crippen molar-refractivity contribution in [1.29, 1.82) is 0 Å². The van der Waals surface area contributed by atoms with Crippen molar-refractivity contribution in [2.75, 3.05) is 27.2 Å². The fraction of sp³-hybridized carbons (Fsp3) is 0.500. The lowest BCUT2D eigenvalue weighted by atomic mass is 10.1. The molecule has 94 valence electrons. The number of likely N-dealkylation sites (N-methyl/N-ethyl adjacent to an activating group) is 1. The van der Waals surface area contributed by atoms with Crippen LogP contribution < -0.4 is 15.0 Å². The van der Waals surface area contributed by atoms with Gasteiger partial charge in [0.15, 0.2) is 11.5 Å². The quantitative estimate of drug-likeness (QED) is 0.745. The van der Waals surface area contributed by atoms with Gasteiger partial charge in [-0.15, -0.1) is 0 Å². The summed E-state index contributed by atoms with van der Waals surface area (Å²) in [5.41, 5.74) is 3.04. The van der Waals surface area contributed by atoms with Crippen LogP contribution in [0, 0.1) is 0 Å². The molecule has 0 radical (unpaired) electrons. The van der Waals surface area contributed by atoms with Gasteiger partial charge in [0.1, 0.15) is 6.10 Å². The third kappa shape index (κ3) is 2.69. The highest BCUT2D eigenvalue weighted by molar-refractivity contribution is 5.46. The zero-order valence-electron chi connectivity index (χ0n) is 10.1. The van der Waals surface area contributed by atoms with E-state index in [1.165, 1.54) is 0 Å². The highest BCUT2D eigenvalue weighted by atomic mass is 16.5. The minimum absolute atomic E-state index is 0.203. The summed E-state index contributed by atoms with van der Waals surface area (Å²) in [5, 5.41) is 8.80. The second-order valence-corrected chi connectivity index (χ2v) is 4.24. The van der Waals surface area contributed by atoms with Crippen LogP contribution in [-0.2, 0) is 6.54 Å². The van der Waals surface area contributed by atoms with Gasteiger partial charge in [0.2, 0.25) is 0 Å². The third-order valence-corrected chi connectivity index (χ3v) is 2.87. The van der Waals surface area contributed by atoms with Crippen molar-refractivity contribution < 1.29 is 14.7 Å². The Bertz CT molecular complexity index is 378. The molecule has 0 unspecified atom stereocenters. The van der Waals surface area contributed by atoms with Crippen LogP contribution in [0.15, 0.2) is 18.2 Å². The number of hydrogen-bond acceptors (Lipinski definition) is 5. The van der Waals surface area contributed by atoms with E-state index in [9.17, 15) is 0 Å². The third-order valence-electron chi connectivity index (χ3n) is 2.87. The molecule has 0 bridgehead atoms. The summed E-state index contributed by atoms with van der Waals surface area (Å²) in [6.45, 7) is 2.18. The minimum Gasteiger partial charge on any atom is -0.493 e. The van der Waals surface area contributed by atoms with E-state index < -0.39 is 0 Å². The highest BCUT2D eigenvalue weighted by Gasteiger charge is 2.26. The van der Waals surface area contributed by atoms with Crippen molar-refractivity contribution in [3.05, 3.63) is 23.8 Å². The molecule has 1 heterocycles. The van der Waals surface area contributed by atoms with Gasteiger partial charge in [0, 0.05) is 25.2 Å². The molecule has 0 saturated carbocycles. The van der Waals surface area contributed by atoms with Crippen LogP contribution in [0.4, 0.5) is 0 Å². The average molecular weight is 238 g/mol. The van der Waals surface area contributed by atoms with Crippen molar-refractivity contribution in [1.82, 2.24) is 10.4 Å². The van der Waals surface area contributed by atoms with Crippen LogP contribution in [0.25, 0.3) is 0 Å². The molecule has 5 nitrogen and oxygen atoms in total. The van der Waals surface area contributed by atoms with Crippen LogP contribution in [0.2, 0.25) is 0 Å². The first-order chi connectivity index (χ1) is 8.24. The van der Waals surface area contributed by atoms with Crippen molar-refractivity contribution in [3.8, 4) is 11.5 Å². The highest BCUT2D eigenvalue weighted by Crippen LogP contribution is 2.32. The molecule has 1 aliphatic heterocycles. The summed E-state index contributed by atoms with van der Waals surface area (Å²) in [5.74, 6) is 1.42. The first-order valence-corrected chi connectivity index (χ1v) is 5.62. The largest absolute Gasteiger partial charge is 0.493 e. The first kappa shape index (κ1) is 12.2. The Kier molecular flexibility index (Phi) is 3.83. The van der Waals surface area contributed by atoms with E-state index in [1.54, 1.807) is 7.11 Å². The summed E-state index contributed by atoms with van der Waals surface area (Å²) >= 11 is 0. The molecule has 1 fully saturated rings. The zero-order chi connectivity index (χ0) is 12.3. The Balaban J connectivity index is 2.16. The Morgan fingerprint density at radius 1 is 1.47 bits per heavy atom. The predicted molar refractivity (Wildman–Crippen MR) is 63.5 cm³/mol. The van der Waals surface area contributed by atoms with Crippen LogP contribution in [0.1, 0.15) is 5.56 Å². The molecule has 0 amide bonds. The number of benzene rings is 1. The summed E-state index contributed by atoms with van der Waals surface area (Å²) in [6.07, 6.45) is 0.203. The number of nitrogens with zero attached hydrogens (tertiary/aromatic N) is 1. The number of nitrogens with one attached hydrogen (secondary N) is 1. The molecular weight excluding hydrogens is 220 g/mol. The molecule has 1 saturated heterocycles. The van der Waals surface area contributed by atoms with Gasteiger partial charge in [0.05, 0.1) is 7.11 Å². The minimum atomic E-state index is 0.203. The Labute approximate surface area is 101 Å². The van der Waals surface area contributed by atoms with Crippen LogP contribution in [0.5, 0.6) is 11.5 Å². The number of hydroxylamine groups is 1.